The van der Waals surface area contributed by atoms with Gasteiger partial charge in [-0.2, -0.15) is 0 Å². The molecule has 1 rings (SSSR count). The van der Waals surface area contributed by atoms with Gasteiger partial charge in [0.25, 0.3) is 0 Å². The molecule has 0 aliphatic carbocycles. The van der Waals surface area contributed by atoms with Crippen LogP contribution in [0.15, 0.2) is 28.1 Å². The summed E-state index contributed by atoms with van der Waals surface area (Å²) in [5, 5.41) is 6.61. The Morgan fingerprint density at radius 1 is 1.07 bits per heavy atom. The number of halogens is 1. The molecule has 1 aromatic rings. The summed E-state index contributed by atoms with van der Waals surface area (Å²) < 4.78 is 23.4. The molecule has 0 saturated carbocycles. The molecule has 0 radical (unpaired) electrons. The zero-order chi connectivity index (χ0) is 20.3. The van der Waals surface area contributed by atoms with Gasteiger partial charge in [-0.1, -0.05) is 31.4 Å². The molecule has 162 valence electrons. The van der Waals surface area contributed by atoms with Crippen molar-refractivity contribution >= 4 is 39.8 Å². The molecule has 6 nitrogen and oxygen atoms in total. The van der Waals surface area contributed by atoms with Crippen molar-refractivity contribution in [2.24, 2.45) is 4.99 Å². The molecule has 0 heterocycles. The van der Waals surface area contributed by atoms with Gasteiger partial charge in [-0.05, 0) is 57.6 Å². The van der Waals surface area contributed by atoms with Crippen LogP contribution in [0.3, 0.4) is 0 Å². The summed E-state index contributed by atoms with van der Waals surface area (Å²) in [7, 11) is 2.82. The topological polar surface area (TPSA) is 73.8 Å². The largest absolute Gasteiger partial charge is 0.356 e. The summed E-state index contributed by atoms with van der Waals surface area (Å²) in [6.45, 7) is 4.50. The van der Waals surface area contributed by atoms with Gasteiger partial charge < -0.3 is 15.5 Å². The number of hydrogen-bond acceptors (Lipinski definition) is 4. The molecule has 28 heavy (non-hydrogen) atoms. The molecule has 0 aliphatic heterocycles. The second kappa shape index (κ2) is 14.2. The Kier molecular flexibility index (Phi) is 13.7. The van der Waals surface area contributed by atoms with Gasteiger partial charge in [-0.3, -0.25) is 4.99 Å². The summed E-state index contributed by atoms with van der Waals surface area (Å²) in [5.74, 6) is 0.771. The molecule has 1 aromatic carbocycles. The van der Waals surface area contributed by atoms with E-state index in [1.165, 1.54) is 38.5 Å². The fourth-order valence-corrected chi connectivity index (χ4v) is 3.89. The van der Waals surface area contributed by atoms with Crippen molar-refractivity contribution in [1.82, 2.24) is 15.5 Å². The van der Waals surface area contributed by atoms with E-state index in [9.17, 15) is 8.42 Å². The van der Waals surface area contributed by atoms with Gasteiger partial charge in [-0.15, -0.1) is 24.0 Å². The fraction of sp³-hybridized carbons (Fsp3) is 0.650. The Balaban J connectivity index is 0.00000729. The van der Waals surface area contributed by atoms with E-state index in [1.807, 2.05) is 19.1 Å². The van der Waals surface area contributed by atoms with E-state index in [2.05, 4.69) is 34.6 Å². The maximum Gasteiger partial charge on any atom is 0.191 e. The Morgan fingerprint density at radius 2 is 1.71 bits per heavy atom. The van der Waals surface area contributed by atoms with Gasteiger partial charge >= 0.3 is 0 Å². The third-order valence-electron chi connectivity index (χ3n) is 4.40. The van der Waals surface area contributed by atoms with Crippen LogP contribution in [0.1, 0.15) is 43.2 Å². The standard InChI is InChI=1S/C20H36N4O2S.HI/c1-17-15-18(11-12-19(17)27(5,25)26)16-23-20(21-2)22-13-9-7-6-8-10-14-24(3)4;/h11-12,15H,6-10,13-14,16H2,1-5H3,(H2,21,22,23);1H. The van der Waals surface area contributed by atoms with E-state index in [4.69, 9.17) is 0 Å². The summed E-state index contributed by atoms with van der Waals surface area (Å²) in [5.41, 5.74) is 1.80. The molecule has 0 amide bonds. The van der Waals surface area contributed by atoms with Crippen molar-refractivity contribution in [3.63, 3.8) is 0 Å². The Bertz CT molecular complexity index is 706. The lowest BCUT2D eigenvalue weighted by Gasteiger charge is -2.13. The maximum atomic E-state index is 11.7. The fourth-order valence-electron chi connectivity index (χ4n) is 2.93. The second-order valence-corrected chi connectivity index (χ2v) is 9.28. The van der Waals surface area contributed by atoms with E-state index >= 15 is 0 Å². The molecule has 0 saturated heterocycles. The molecule has 0 bridgehead atoms. The third-order valence-corrected chi connectivity index (χ3v) is 5.65. The average Bonchev–Trinajstić information content (AvgIpc) is 2.58. The Labute approximate surface area is 188 Å². The third kappa shape index (κ3) is 11.2. The molecule has 2 N–H and O–H groups in total. The van der Waals surface area contributed by atoms with Crippen molar-refractivity contribution in [3.8, 4) is 0 Å². The van der Waals surface area contributed by atoms with Gasteiger partial charge in [0.2, 0.25) is 0 Å². The first-order valence-corrected chi connectivity index (χ1v) is 11.5. The van der Waals surface area contributed by atoms with Crippen LogP contribution in [0.25, 0.3) is 0 Å². The van der Waals surface area contributed by atoms with Crippen LogP contribution in [0.4, 0.5) is 0 Å². The van der Waals surface area contributed by atoms with Crippen LogP contribution in [0.5, 0.6) is 0 Å². The predicted octanol–water partition coefficient (Wildman–Crippen LogP) is 3.19. The quantitative estimate of drug-likeness (QED) is 0.201. The number of aryl methyl sites for hydroxylation is 1. The number of hydrogen-bond donors (Lipinski definition) is 2. The average molecular weight is 525 g/mol. The number of unbranched alkanes of at least 4 members (excludes halogenated alkanes) is 4. The normalized spacial score (nSPS) is 12.0. The molecule has 0 fully saturated rings. The summed E-state index contributed by atoms with van der Waals surface area (Å²) in [6.07, 6.45) is 7.42. The van der Waals surface area contributed by atoms with Gasteiger partial charge in [0.15, 0.2) is 15.8 Å². The van der Waals surface area contributed by atoms with Crippen LogP contribution < -0.4 is 10.6 Å². The monoisotopic (exact) mass is 524 g/mol. The highest BCUT2D eigenvalue weighted by Crippen LogP contribution is 2.16. The number of benzene rings is 1. The minimum atomic E-state index is -3.17. The van der Waals surface area contributed by atoms with E-state index in [1.54, 1.807) is 13.1 Å². The first-order chi connectivity index (χ1) is 12.7. The van der Waals surface area contributed by atoms with Crippen LogP contribution >= 0.6 is 24.0 Å². The number of guanidine groups is 1. The Morgan fingerprint density at radius 3 is 2.29 bits per heavy atom. The van der Waals surface area contributed by atoms with Crippen LogP contribution in [-0.2, 0) is 16.4 Å². The molecular weight excluding hydrogens is 487 g/mol. The number of sulfone groups is 1. The lowest BCUT2D eigenvalue weighted by Crippen LogP contribution is -2.37. The van der Waals surface area contributed by atoms with E-state index < -0.39 is 9.84 Å². The van der Waals surface area contributed by atoms with Gasteiger partial charge in [0.1, 0.15) is 0 Å². The zero-order valence-electron chi connectivity index (χ0n) is 17.9. The number of rotatable bonds is 11. The van der Waals surface area contributed by atoms with E-state index in [-0.39, 0.29) is 24.0 Å². The van der Waals surface area contributed by atoms with Crippen molar-refractivity contribution in [2.75, 3.05) is 40.5 Å². The number of aliphatic imine (C=N–C) groups is 1. The minimum absolute atomic E-state index is 0. The van der Waals surface area contributed by atoms with E-state index in [0.717, 1.165) is 30.1 Å². The van der Waals surface area contributed by atoms with Gasteiger partial charge in [0, 0.05) is 26.4 Å². The summed E-state index contributed by atoms with van der Waals surface area (Å²) in [6, 6.07) is 5.43. The summed E-state index contributed by atoms with van der Waals surface area (Å²) in [4.78, 5) is 6.86. The van der Waals surface area contributed by atoms with Crippen molar-refractivity contribution in [3.05, 3.63) is 29.3 Å². The Hall–Kier alpha value is -0.870. The lowest BCUT2D eigenvalue weighted by molar-refractivity contribution is 0.389. The molecule has 0 aliphatic rings. The lowest BCUT2D eigenvalue weighted by atomic mass is 10.1. The van der Waals surface area contributed by atoms with Crippen LogP contribution in [0, 0.1) is 6.92 Å². The number of nitrogens with one attached hydrogen (secondary N) is 2. The highest BCUT2D eigenvalue weighted by molar-refractivity contribution is 14.0. The molecule has 0 atom stereocenters. The minimum Gasteiger partial charge on any atom is -0.356 e. The second-order valence-electron chi connectivity index (χ2n) is 7.30. The molecule has 0 unspecified atom stereocenters. The van der Waals surface area contributed by atoms with Gasteiger partial charge in [0.05, 0.1) is 4.90 Å². The first kappa shape index (κ1) is 27.1. The van der Waals surface area contributed by atoms with E-state index in [0.29, 0.717) is 11.4 Å². The van der Waals surface area contributed by atoms with Crippen molar-refractivity contribution < 1.29 is 8.42 Å². The summed E-state index contributed by atoms with van der Waals surface area (Å²) >= 11 is 0. The first-order valence-electron chi connectivity index (χ1n) is 9.63. The maximum absolute atomic E-state index is 11.7. The van der Waals surface area contributed by atoms with Crippen LogP contribution in [0.2, 0.25) is 0 Å². The molecule has 8 heteroatoms. The van der Waals surface area contributed by atoms with Crippen molar-refractivity contribution in [1.29, 1.82) is 0 Å². The van der Waals surface area contributed by atoms with Crippen molar-refractivity contribution in [2.45, 2.75) is 50.5 Å². The molecule has 0 spiro atoms. The molecular formula is C20H37IN4O2S. The highest BCUT2D eigenvalue weighted by Gasteiger charge is 2.10. The smallest absolute Gasteiger partial charge is 0.191 e. The van der Waals surface area contributed by atoms with Gasteiger partial charge in [-0.25, -0.2) is 8.42 Å². The highest BCUT2D eigenvalue weighted by atomic mass is 127. The zero-order valence-corrected chi connectivity index (χ0v) is 21.1. The van der Waals surface area contributed by atoms with Crippen LogP contribution in [-0.4, -0.2) is 59.8 Å². The number of nitrogens with zero attached hydrogens (tertiary/aromatic N) is 2. The SMILES string of the molecule is CN=C(NCCCCCCCN(C)C)NCc1ccc(S(C)(=O)=O)c(C)c1.I. The molecule has 0 aromatic heterocycles. The predicted molar refractivity (Wildman–Crippen MR) is 130 cm³/mol.